The molecular weight excluding hydrogens is 327 g/mol. The van der Waals surface area contributed by atoms with E-state index in [1.807, 2.05) is 0 Å². The molecule has 0 bridgehead atoms. The molecule has 0 N–H and O–H groups in total. The highest BCUT2D eigenvalue weighted by molar-refractivity contribution is 14.1. The normalized spacial score (nSPS) is 23.9. The van der Waals surface area contributed by atoms with Gasteiger partial charge in [-0.2, -0.15) is 0 Å². The first-order valence-corrected chi connectivity index (χ1v) is 8.21. The quantitative estimate of drug-likeness (QED) is 0.524. The summed E-state index contributed by atoms with van der Waals surface area (Å²) in [6, 6.07) is 0. The summed E-state index contributed by atoms with van der Waals surface area (Å²) in [5.74, 6) is 1.29. The van der Waals surface area contributed by atoms with Crippen LogP contribution >= 0.6 is 22.6 Å². The molecule has 0 atom stereocenters. The first-order valence-electron chi connectivity index (χ1n) is 7.13. The first kappa shape index (κ1) is 13.6. The maximum atomic E-state index is 11.3. The summed E-state index contributed by atoms with van der Waals surface area (Å²) in [6.07, 6.45) is 13.3. The van der Waals surface area contributed by atoms with Crippen LogP contribution in [0.4, 0.5) is 4.79 Å². The predicted octanol–water partition coefficient (Wildman–Crippen LogP) is 5.09. The van der Waals surface area contributed by atoms with Gasteiger partial charge in [-0.3, -0.25) is 0 Å². The molecule has 2 fully saturated rings. The molecule has 0 aliphatic heterocycles. The minimum Gasteiger partial charge on any atom is -0.454 e. The van der Waals surface area contributed by atoms with E-state index in [0.717, 1.165) is 0 Å². The summed E-state index contributed by atoms with van der Waals surface area (Å²) in [6.45, 7) is 0. The Labute approximate surface area is 118 Å². The fourth-order valence-electron chi connectivity index (χ4n) is 3.61. The summed E-state index contributed by atoms with van der Waals surface area (Å²) < 4.78 is 5.57. The molecule has 2 aliphatic carbocycles. The van der Waals surface area contributed by atoms with Crippen LogP contribution in [0.1, 0.15) is 64.2 Å². The highest BCUT2D eigenvalue weighted by atomic mass is 127. The van der Waals surface area contributed by atoms with E-state index in [9.17, 15) is 4.79 Å². The molecule has 0 spiro atoms. The van der Waals surface area contributed by atoms with Crippen LogP contribution in [0.5, 0.6) is 0 Å². The van der Waals surface area contributed by atoms with Crippen molar-refractivity contribution in [3.63, 3.8) is 0 Å². The Kier molecular flexibility index (Phi) is 5.57. The topological polar surface area (TPSA) is 26.3 Å². The second-order valence-corrected chi connectivity index (χ2v) is 6.50. The monoisotopic (exact) mass is 350 g/mol. The third kappa shape index (κ3) is 4.11. The second-order valence-electron chi connectivity index (χ2n) is 5.62. The molecule has 0 unspecified atom stereocenters. The molecule has 2 aliphatic rings. The largest absolute Gasteiger partial charge is 0.454 e. The minimum atomic E-state index is -0.108. The third-order valence-electron chi connectivity index (χ3n) is 4.46. The Morgan fingerprint density at radius 2 is 1.29 bits per heavy atom. The summed E-state index contributed by atoms with van der Waals surface area (Å²) in [4.78, 5) is 11.3. The zero-order chi connectivity index (χ0) is 12.1. The molecular formula is C14H23IO2. The summed E-state index contributed by atoms with van der Waals surface area (Å²) in [5.41, 5.74) is 0. The van der Waals surface area contributed by atoms with Gasteiger partial charge in [0.05, 0.1) is 22.6 Å². The number of hydrogen-bond acceptors (Lipinski definition) is 2. The SMILES string of the molecule is O=C(I)OC(C1CCCCC1)C1CCCCC1. The van der Waals surface area contributed by atoms with Gasteiger partial charge in [0.1, 0.15) is 6.10 Å². The molecule has 98 valence electrons. The summed E-state index contributed by atoms with van der Waals surface area (Å²) in [7, 11) is 0. The van der Waals surface area contributed by atoms with Crippen molar-refractivity contribution in [1.29, 1.82) is 0 Å². The smallest absolute Gasteiger partial charge is 0.367 e. The molecule has 17 heavy (non-hydrogen) atoms. The lowest BCUT2D eigenvalue weighted by Gasteiger charge is -2.36. The van der Waals surface area contributed by atoms with Crippen LogP contribution in [0.3, 0.4) is 0 Å². The van der Waals surface area contributed by atoms with Crippen LogP contribution in [-0.2, 0) is 4.74 Å². The van der Waals surface area contributed by atoms with Crippen molar-refractivity contribution in [3.05, 3.63) is 0 Å². The maximum Gasteiger partial charge on any atom is 0.367 e. The molecule has 2 saturated carbocycles. The Bertz CT molecular complexity index is 225. The Morgan fingerprint density at radius 3 is 1.65 bits per heavy atom. The Hall–Kier alpha value is 0.200. The number of carbonyl (C=O) groups is 1. The molecule has 2 nitrogen and oxygen atoms in total. The lowest BCUT2D eigenvalue weighted by atomic mass is 9.75. The highest BCUT2D eigenvalue weighted by Crippen LogP contribution is 2.37. The fourth-order valence-corrected chi connectivity index (χ4v) is 3.90. The van der Waals surface area contributed by atoms with Crippen molar-refractivity contribution in [1.82, 2.24) is 0 Å². The molecule has 0 aromatic heterocycles. The fraction of sp³-hybridized carbons (Fsp3) is 0.929. The molecule has 0 amide bonds. The maximum absolute atomic E-state index is 11.3. The number of carbonyl (C=O) groups excluding carboxylic acids is 1. The highest BCUT2D eigenvalue weighted by Gasteiger charge is 2.33. The van der Waals surface area contributed by atoms with Gasteiger partial charge >= 0.3 is 3.98 Å². The predicted molar refractivity (Wildman–Crippen MR) is 77.4 cm³/mol. The van der Waals surface area contributed by atoms with E-state index in [1.54, 1.807) is 22.6 Å². The van der Waals surface area contributed by atoms with Crippen LogP contribution in [0, 0.1) is 11.8 Å². The average molecular weight is 350 g/mol. The van der Waals surface area contributed by atoms with E-state index in [4.69, 9.17) is 4.74 Å². The Morgan fingerprint density at radius 1 is 0.882 bits per heavy atom. The zero-order valence-corrected chi connectivity index (χ0v) is 12.7. The molecule has 0 radical (unpaired) electrons. The molecule has 0 heterocycles. The van der Waals surface area contributed by atoms with Gasteiger partial charge in [-0.15, -0.1) is 0 Å². The number of ether oxygens (including phenoxy) is 1. The second kappa shape index (κ2) is 6.95. The van der Waals surface area contributed by atoms with Gasteiger partial charge in [-0.25, -0.2) is 4.79 Å². The third-order valence-corrected chi connectivity index (χ3v) is 4.71. The number of halogens is 1. The van der Waals surface area contributed by atoms with Gasteiger partial charge in [-0.05, 0) is 37.5 Å². The number of rotatable bonds is 3. The standard InChI is InChI=1S/C14H23IO2/c15-14(16)17-13(11-7-3-1-4-8-11)12-9-5-2-6-10-12/h11-13H,1-10H2. The summed E-state index contributed by atoms with van der Waals surface area (Å²) >= 11 is 1.79. The number of hydrogen-bond donors (Lipinski definition) is 0. The van der Waals surface area contributed by atoms with E-state index in [2.05, 4.69) is 0 Å². The lowest BCUT2D eigenvalue weighted by Crippen LogP contribution is -2.35. The van der Waals surface area contributed by atoms with Gasteiger partial charge in [0.15, 0.2) is 0 Å². The van der Waals surface area contributed by atoms with Gasteiger partial charge in [0.25, 0.3) is 0 Å². The van der Waals surface area contributed by atoms with E-state index in [-0.39, 0.29) is 10.1 Å². The van der Waals surface area contributed by atoms with Gasteiger partial charge < -0.3 is 4.74 Å². The van der Waals surface area contributed by atoms with Crippen LogP contribution in [-0.4, -0.2) is 10.1 Å². The molecule has 2 rings (SSSR count). The molecule has 0 saturated heterocycles. The van der Waals surface area contributed by atoms with E-state index in [0.29, 0.717) is 11.8 Å². The van der Waals surface area contributed by atoms with Crippen molar-refractivity contribution in [2.75, 3.05) is 0 Å². The van der Waals surface area contributed by atoms with Crippen molar-refractivity contribution >= 4 is 26.6 Å². The van der Waals surface area contributed by atoms with Crippen molar-refractivity contribution in [2.45, 2.75) is 70.3 Å². The minimum absolute atomic E-state index is 0.108. The zero-order valence-electron chi connectivity index (χ0n) is 10.5. The van der Waals surface area contributed by atoms with Crippen LogP contribution in [0.25, 0.3) is 0 Å². The average Bonchev–Trinajstić information content (AvgIpc) is 2.38. The molecule has 3 heteroatoms. The van der Waals surface area contributed by atoms with E-state index < -0.39 is 0 Å². The van der Waals surface area contributed by atoms with Crippen molar-refractivity contribution in [2.24, 2.45) is 11.8 Å². The van der Waals surface area contributed by atoms with E-state index >= 15 is 0 Å². The first-order chi connectivity index (χ1) is 8.27. The summed E-state index contributed by atoms with van der Waals surface area (Å²) in [5, 5.41) is 0. The van der Waals surface area contributed by atoms with Crippen molar-refractivity contribution < 1.29 is 9.53 Å². The van der Waals surface area contributed by atoms with Crippen LogP contribution < -0.4 is 0 Å². The Balaban J connectivity index is 1.97. The lowest BCUT2D eigenvalue weighted by molar-refractivity contribution is 0.0130. The van der Waals surface area contributed by atoms with Crippen molar-refractivity contribution in [3.8, 4) is 0 Å². The van der Waals surface area contributed by atoms with Crippen LogP contribution in [0.15, 0.2) is 0 Å². The molecule has 0 aromatic rings. The molecule has 0 aromatic carbocycles. The van der Waals surface area contributed by atoms with E-state index in [1.165, 1.54) is 64.2 Å². The van der Waals surface area contributed by atoms with Gasteiger partial charge in [0.2, 0.25) is 0 Å². The van der Waals surface area contributed by atoms with Crippen LogP contribution in [0.2, 0.25) is 0 Å². The van der Waals surface area contributed by atoms with Gasteiger partial charge in [-0.1, -0.05) is 38.5 Å². The van der Waals surface area contributed by atoms with Gasteiger partial charge in [0, 0.05) is 0 Å².